The number of para-hydroxylation sites is 2. The molecule has 3 heterocycles. The number of carbonyl (C=O) groups is 1. The van der Waals surface area contributed by atoms with Crippen LogP contribution in [0, 0.1) is 5.41 Å². The van der Waals surface area contributed by atoms with Crippen molar-refractivity contribution in [1.82, 2.24) is 14.8 Å². The van der Waals surface area contributed by atoms with E-state index >= 15 is 0 Å². The van der Waals surface area contributed by atoms with E-state index in [-0.39, 0.29) is 27.9 Å². The van der Waals surface area contributed by atoms with Gasteiger partial charge in [0.2, 0.25) is 0 Å². The fraction of sp³-hybridized carbons (Fsp3) is 0.320. The first-order valence-electron chi connectivity index (χ1n) is 11.4. The van der Waals surface area contributed by atoms with Crippen molar-refractivity contribution in [3.63, 3.8) is 0 Å². The van der Waals surface area contributed by atoms with Crippen LogP contribution in [0.4, 0.5) is 27.8 Å². The molecule has 7 nitrogen and oxygen atoms in total. The quantitative estimate of drug-likeness (QED) is 0.409. The van der Waals surface area contributed by atoms with Crippen molar-refractivity contribution >= 4 is 17.4 Å². The van der Waals surface area contributed by atoms with Gasteiger partial charge in [-0.25, -0.2) is 23.2 Å². The molecule has 3 aromatic rings. The van der Waals surface area contributed by atoms with Gasteiger partial charge in [-0.15, -0.1) is 13.2 Å². The molecular formula is C25H21F5N4O3. The van der Waals surface area contributed by atoms with E-state index < -0.39 is 24.5 Å². The maximum Gasteiger partial charge on any atom is 0.573 e. The number of allylic oxidation sites excluding steroid dienone is 2. The maximum atomic E-state index is 13.9. The summed E-state index contributed by atoms with van der Waals surface area (Å²) in [7, 11) is 0. The van der Waals surface area contributed by atoms with Crippen LogP contribution in [0.25, 0.3) is 11.3 Å². The lowest BCUT2D eigenvalue weighted by atomic mass is 9.64. The Kier molecular flexibility index (Phi) is 6.12. The zero-order chi connectivity index (χ0) is 26.4. The summed E-state index contributed by atoms with van der Waals surface area (Å²) in [5.74, 6) is -0.939. The van der Waals surface area contributed by atoms with Crippen LogP contribution in [0.2, 0.25) is 0 Å². The summed E-state index contributed by atoms with van der Waals surface area (Å²) in [5, 5.41) is 13.0. The predicted octanol–water partition coefficient (Wildman–Crippen LogP) is 5.88. The van der Waals surface area contributed by atoms with Crippen LogP contribution in [0.3, 0.4) is 0 Å². The Morgan fingerprint density at radius 3 is 2.38 bits per heavy atom. The van der Waals surface area contributed by atoms with E-state index in [0.717, 1.165) is 16.9 Å². The predicted molar refractivity (Wildman–Crippen MR) is 123 cm³/mol. The number of ether oxygens (including phenoxy) is 1. The molecule has 1 spiro atoms. The lowest BCUT2D eigenvalue weighted by Crippen LogP contribution is -2.42. The van der Waals surface area contributed by atoms with Gasteiger partial charge in [-0.1, -0.05) is 18.2 Å². The highest BCUT2D eigenvalue weighted by Crippen LogP contribution is 2.52. The summed E-state index contributed by atoms with van der Waals surface area (Å²) in [4.78, 5) is 17.3. The maximum absolute atomic E-state index is 13.9. The minimum Gasteiger partial charge on any atom is -0.478 e. The third kappa shape index (κ3) is 4.87. The molecule has 37 heavy (non-hydrogen) atoms. The highest BCUT2D eigenvalue weighted by atomic mass is 19.4. The molecule has 0 radical (unpaired) electrons. The smallest absolute Gasteiger partial charge is 0.478 e. The Morgan fingerprint density at radius 2 is 1.78 bits per heavy atom. The van der Waals surface area contributed by atoms with Crippen molar-refractivity contribution in [2.75, 3.05) is 18.0 Å². The second-order valence-corrected chi connectivity index (χ2v) is 9.08. The van der Waals surface area contributed by atoms with Crippen LogP contribution >= 0.6 is 0 Å². The lowest BCUT2D eigenvalue weighted by Gasteiger charge is -2.46. The van der Waals surface area contributed by atoms with Gasteiger partial charge in [-0.2, -0.15) is 5.10 Å². The zero-order valence-corrected chi connectivity index (χ0v) is 19.3. The number of aromatic carboxylic acids is 1. The van der Waals surface area contributed by atoms with Crippen molar-refractivity contribution in [1.29, 1.82) is 0 Å². The number of nitrogens with zero attached hydrogens (tertiary/aromatic N) is 4. The Hall–Kier alpha value is -3.96. The average molecular weight is 520 g/mol. The Bertz CT molecular complexity index is 1340. The molecule has 0 amide bonds. The molecule has 194 valence electrons. The number of aromatic nitrogens is 3. The van der Waals surface area contributed by atoms with Crippen LogP contribution in [0.15, 0.2) is 54.9 Å². The first kappa shape index (κ1) is 24.7. The van der Waals surface area contributed by atoms with E-state index in [1.807, 2.05) is 11.0 Å². The zero-order valence-electron chi connectivity index (χ0n) is 19.3. The van der Waals surface area contributed by atoms with Crippen molar-refractivity contribution in [3.05, 3.63) is 71.7 Å². The molecular weight excluding hydrogens is 499 g/mol. The van der Waals surface area contributed by atoms with E-state index in [9.17, 15) is 26.7 Å². The van der Waals surface area contributed by atoms with Crippen LogP contribution in [0.1, 0.15) is 47.3 Å². The van der Waals surface area contributed by atoms with Gasteiger partial charge in [0.15, 0.2) is 5.75 Å². The molecule has 1 saturated heterocycles. The van der Waals surface area contributed by atoms with E-state index in [2.05, 4.69) is 14.8 Å². The standard InChI is InChI=1S/C25H21F5N4O3/c26-22(27)17-14-32-34(18-3-1-2-4-19(18)37-25(28,29)30)21(17)16-11-24(12-16)7-9-33(10-8-24)20-6-5-15(13-31-20)23(35)36/h1-6,11,13-14,22H,7-10,12H2,(H,35,36). The number of pyridine rings is 1. The number of carboxylic acids is 1. The number of hydrogen-bond donors (Lipinski definition) is 1. The molecule has 1 aromatic carbocycles. The third-order valence-electron chi connectivity index (χ3n) is 6.76. The van der Waals surface area contributed by atoms with Gasteiger partial charge in [0.25, 0.3) is 6.43 Å². The molecule has 1 N–H and O–H groups in total. The number of rotatable bonds is 6. The Labute approximate surface area is 207 Å². The van der Waals surface area contributed by atoms with E-state index in [1.54, 1.807) is 6.07 Å². The Morgan fingerprint density at radius 1 is 1.08 bits per heavy atom. The van der Waals surface area contributed by atoms with Crippen LogP contribution in [-0.4, -0.2) is 45.3 Å². The first-order chi connectivity index (χ1) is 17.6. The van der Waals surface area contributed by atoms with Crippen molar-refractivity contribution < 1.29 is 36.6 Å². The largest absolute Gasteiger partial charge is 0.573 e. The van der Waals surface area contributed by atoms with Gasteiger partial charge >= 0.3 is 12.3 Å². The van der Waals surface area contributed by atoms with Gasteiger partial charge in [0.05, 0.1) is 23.0 Å². The molecule has 0 unspecified atom stereocenters. The van der Waals surface area contributed by atoms with E-state index in [0.29, 0.717) is 43.7 Å². The second-order valence-electron chi connectivity index (χ2n) is 9.08. The van der Waals surface area contributed by atoms with Gasteiger partial charge in [-0.05, 0) is 54.5 Å². The first-order valence-corrected chi connectivity index (χ1v) is 11.4. The molecule has 0 saturated carbocycles. The summed E-state index contributed by atoms with van der Waals surface area (Å²) in [6.07, 6.45) is -1.72. The minimum absolute atomic E-state index is 0.0761. The summed E-state index contributed by atoms with van der Waals surface area (Å²) in [6.45, 7) is 1.26. The fourth-order valence-corrected chi connectivity index (χ4v) is 4.94. The molecule has 2 aromatic heterocycles. The molecule has 1 fully saturated rings. The number of anilines is 1. The average Bonchev–Trinajstić information content (AvgIpc) is 3.27. The van der Waals surface area contributed by atoms with Gasteiger partial charge in [-0.3, -0.25) is 0 Å². The number of hydrogen-bond acceptors (Lipinski definition) is 5. The molecule has 1 aliphatic heterocycles. The van der Waals surface area contributed by atoms with Crippen molar-refractivity contribution in [3.8, 4) is 11.4 Å². The second kappa shape index (κ2) is 9.16. The number of halogens is 5. The Balaban J connectivity index is 1.39. The fourth-order valence-electron chi connectivity index (χ4n) is 4.94. The van der Waals surface area contributed by atoms with Crippen LogP contribution in [-0.2, 0) is 0 Å². The molecule has 5 rings (SSSR count). The topological polar surface area (TPSA) is 80.5 Å². The van der Waals surface area contributed by atoms with Gasteiger partial charge < -0.3 is 14.7 Å². The summed E-state index contributed by atoms with van der Waals surface area (Å²) in [5.41, 5.74) is 0.0811. The number of carboxylic acid groups (broad SMARTS) is 1. The lowest BCUT2D eigenvalue weighted by molar-refractivity contribution is -0.274. The van der Waals surface area contributed by atoms with Gasteiger partial charge in [0, 0.05) is 19.3 Å². The molecule has 12 heteroatoms. The SMILES string of the molecule is O=C(O)c1ccc(N2CCC3(C=C(c4c(C(F)F)cnn4-c4ccccc4OC(F)(F)F)C3)CC2)nc1. The number of piperidine rings is 1. The summed E-state index contributed by atoms with van der Waals surface area (Å²) < 4.78 is 71.7. The number of alkyl halides is 5. The van der Waals surface area contributed by atoms with Gasteiger partial charge in [0.1, 0.15) is 11.5 Å². The summed E-state index contributed by atoms with van der Waals surface area (Å²) >= 11 is 0. The molecule has 0 bridgehead atoms. The highest BCUT2D eigenvalue weighted by molar-refractivity contribution is 5.87. The van der Waals surface area contributed by atoms with Crippen molar-refractivity contribution in [2.24, 2.45) is 5.41 Å². The number of benzene rings is 1. The minimum atomic E-state index is -4.95. The molecule has 2 aliphatic rings. The highest BCUT2D eigenvalue weighted by Gasteiger charge is 2.42. The third-order valence-corrected chi connectivity index (χ3v) is 6.76. The monoisotopic (exact) mass is 520 g/mol. The molecule has 0 atom stereocenters. The van der Waals surface area contributed by atoms with E-state index in [1.165, 1.54) is 30.5 Å². The molecule has 1 aliphatic carbocycles. The van der Waals surface area contributed by atoms with Crippen LogP contribution in [0.5, 0.6) is 5.75 Å². The normalized spacial score (nSPS) is 17.0. The van der Waals surface area contributed by atoms with E-state index in [4.69, 9.17) is 5.11 Å². The van der Waals surface area contributed by atoms with Crippen molar-refractivity contribution in [2.45, 2.75) is 32.1 Å². The van der Waals surface area contributed by atoms with Crippen LogP contribution < -0.4 is 9.64 Å². The summed E-state index contributed by atoms with van der Waals surface area (Å²) in [6, 6.07) is 8.43.